The third kappa shape index (κ3) is 3.62. The fraction of sp³-hybridized carbons (Fsp3) is 0.250. The highest BCUT2D eigenvalue weighted by atomic mass is 32.1. The van der Waals surface area contributed by atoms with Gasteiger partial charge in [-0.05, 0) is 17.0 Å². The van der Waals surface area contributed by atoms with Crippen LogP contribution in [0.2, 0.25) is 0 Å². The van der Waals surface area contributed by atoms with Gasteiger partial charge in [0.1, 0.15) is 0 Å². The van der Waals surface area contributed by atoms with Crippen molar-refractivity contribution in [2.24, 2.45) is 5.92 Å². The standard InChI is InChI=1S/C20H15F4N5S/c21-18-4-15-3-13(1-2-14(15)5-25-18)16-6-26-19(30-16)29-8-12(9-29)7-28-10-17(27-11-28)20(22,23)24/h1-6,10-12H,7-9H2. The van der Waals surface area contributed by atoms with Gasteiger partial charge in [-0.1, -0.05) is 23.5 Å². The van der Waals surface area contributed by atoms with Crippen molar-refractivity contribution in [3.8, 4) is 10.4 Å². The van der Waals surface area contributed by atoms with Gasteiger partial charge in [-0.25, -0.2) is 15.0 Å². The van der Waals surface area contributed by atoms with Crippen LogP contribution in [0.4, 0.5) is 22.7 Å². The molecule has 4 aromatic rings. The minimum atomic E-state index is -4.42. The zero-order valence-electron chi connectivity index (χ0n) is 15.5. The molecule has 1 aliphatic rings. The number of aromatic nitrogens is 4. The van der Waals surface area contributed by atoms with Gasteiger partial charge in [-0.15, -0.1) is 0 Å². The molecule has 1 aliphatic heterocycles. The van der Waals surface area contributed by atoms with Crippen molar-refractivity contribution in [2.75, 3.05) is 18.0 Å². The molecule has 0 spiro atoms. The van der Waals surface area contributed by atoms with E-state index in [1.807, 2.05) is 18.2 Å². The van der Waals surface area contributed by atoms with Crippen LogP contribution in [0.3, 0.4) is 0 Å². The minimum absolute atomic E-state index is 0.240. The number of anilines is 1. The van der Waals surface area contributed by atoms with Crippen molar-refractivity contribution in [2.45, 2.75) is 12.7 Å². The molecule has 5 rings (SSSR count). The SMILES string of the molecule is Fc1cc2cc(-c3cnc(N4CC(Cn5cnc(C(F)(F)F)c5)C4)s3)ccc2cn1. The summed E-state index contributed by atoms with van der Waals surface area (Å²) < 4.78 is 52.8. The normalized spacial score (nSPS) is 15.0. The number of nitrogens with zero attached hydrogens (tertiary/aromatic N) is 5. The highest BCUT2D eigenvalue weighted by Crippen LogP contribution is 2.36. The van der Waals surface area contributed by atoms with Crippen LogP contribution in [0, 0.1) is 11.9 Å². The van der Waals surface area contributed by atoms with Gasteiger partial charge in [0.25, 0.3) is 0 Å². The van der Waals surface area contributed by atoms with Crippen molar-refractivity contribution in [1.82, 2.24) is 19.5 Å². The zero-order valence-corrected chi connectivity index (χ0v) is 16.3. The van der Waals surface area contributed by atoms with Gasteiger partial charge in [0.15, 0.2) is 10.8 Å². The van der Waals surface area contributed by atoms with Gasteiger partial charge in [-0.2, -0.15) is 17.6 Å². The summed E-state index contributed by atoms with van der Waals surface area (Å²) in [5.74, 6) is -0.278. The number of halogens is 4. The summed E-state index contributed by atoms with van der Waals surface area (Å²) in [6.45, 7) is 1.93. The Kier molecular flexibility index (Phi) is 4.46. The molecule has 0 aliphatic carbocycles. The summed E-state index contributed by atoms with van der Waals surface area (Å²) in [5, 5.41) is 2.50. The number of rotatable bonds is 4. The Morgan fingerprint density at radius 1 is 1.03 bits per heavy atom. The number of benzene rings is 1. The lowest BCUT2D eigenvalue weighted by atomic mass is 10.0. The van der Waals surface area contributed by atoms with Crippen LogP contribution in [0.15, 0.2) is 49.2 Å². The summed E-state index contributed by atoms with van der Waals surface area (Å²) >= 11 is 1.54. The van der Waals surface area contributed by atoms with Gasteiger partial charge >= 0.3 is 6.18 Å². The summed E-state index contributed by atoms with van der Waals surface area (Å²) in [7, 11) is 0. The Bertz CT molecular complexity index is 1210. The van der Waals surface area contributed by atoms with E-state index in [2.05, 4.69) is 19.9 Å². The molecular formula is C20H15F4N5S. The van der Waals surface area contributed by atoms with E-state index in [9.17, 15) is 17.6 Å². The van der Waals surface area contributed by atoms with Gasteiger partial charge < -0.3 is 9.47 Å². The van der Waals surface area contributed by atoms with Gasteiger partial charge in [0, 0.05) is 55.6 Å². The molecule has 10 heteroatoms. The molecule has 1 aromatic carbocycles. The molecule has 0 radical (unpaired) electrons. The number of hydrogen-bond donors (Lipinski definition) is 0. The van der Waals surface area contributed by atoms with Crippen molar-refractivity contribution in [3.63, 3.8) is 0 Å². The number of hydrogen-bond acceptors (Lipinski definition) is 5. The number of thiazole rings is 1. The summed E-state index contributed by atoms with van der Waals surface area (Å²) in [6.07, 6.45) is 1.15. The van der Waals surface area contributed by atoms with Crippen molar-refractivity contribution >= 4 is 27.2 Å². The monoisotopic (exact) mass is 433 g/mol. The van der Waals surface area contributed by atoms with Gasteiger partial charge in [0.2, 0.25) is 5.95 Å². The summed E-state index contributed by atoms with van der Waals surface area (Å²) in [5.41, 5.74) is 0.0845. The molecule has 0 saturated carbocycles. The molecule has 0 amide bonds. The van der Waals surface area contributed by atoms with Crippen LogP contribution < -0.4 is 4.90 Å². The van der Waals surface area contributed by atoms with E-state index in [0.717, 1.165) is 45.6 Å². The van der Waals surface area contributed by atoms with Crippen LogP contribution in [0.1, 0.15) is 5.69 Å². The molecule has 4 heterocycles. The highest BCUT2D eigenvalue weighted by Gasteiger charge is 2.34. The fourth-order valence-corrected chi connectivity index (χ4v) is 4.49. The molecular weight excluding hydrogens is 418 g/mol. The minimum Gasteiger partial charge on any atom is -0.347 e. The highest BCUT2D eigenvalue weighted by molar-refractivity contribution is 7.18. The number of fused-ring (bicyclic) bond motifs is 1. The van der Waals surface area contributed by atoms with E-state index in [1.165, 1.54) is 34.5 Å². The second-order valence-corrected chi connectivity index (χ2v) is 8.31. The molecule has 0 bridgehead atoms. The van der Waals surface area contributed by atoms with Crippen molar-refractivity contribution in [1.29, 1.82) is 0 Å². The lowest BCUT2D eigenvalue weighted by molar-refractivity contribution is -0.141. The maximum atomic E-state index is 13.4. The van der Waals surface area contributed by atoms with E-state index >= 15 is 0 Å². The molecule has 0 N–H and O–H groups in total. The van der Waals surface area contributed by atoms with Crippen LogP contribution >= 0.6 is 11.3 Å². The van der Waals surface area contributed by atoms with Gasteiger partial charge in [-0.3, -0.25) is 0 Å². The third-order valence-corrected chi connectivity index (χ3v) is 6.19. The van der Waals surface area contributed by atoms with E-state index in [0.29, 0.717) is 6.54 Å². The number of imidazole rings is 1. The molecule has 154 valence electrons. The first-order valence-corrected chi connectivity index (χ1v) is 10.0. The van der Waals surface area contributed by atoms with Crippen molar-refractivity contribution < 1.29 is 17.6 Å². The molecule has 30 heavy (non-hydrogen) atoms. The first kappa shape index (κ1) is 19.0. The maximum Gasteiger partial charge on any atom is 0.434 e. The zero-order chi connectivity index (χ0) is 20.9. The van der Waals surface area contributed by atoms with Crippen molar-refractivity contribution in [3.05, 3.63) is 60.8 Å². The van der Waals surface area contributed by atoms with E-state index in [4.69, 9.17) is 0 Å². The Labute approximate surface area is 172 Å². The Balaban J connectivity index is 1.24. The largest absolute Gasteiger partial charge is 0.434 e. The molecule has 1 saturated heterocycles. The average molecular weight is 433 g/mol. The second kappa shape index (κ2) is 7.05. The quantitative estimate of drug-likeness (QED) is 0.341. The Morgan fingerprint density at radius 2 is 1.87 bits per heavy atom. The first-order chi connectivity index (χ1) is 14.3. The second-order valence-electron chi connectivity index (χ2n) is 7.30. The lowest BCUT2D eigenvalue weighted by Crippen LogP contribution is -2.48. The topological polar surface area (TPSA) is 46.8 Å². The van der Waals surface area contributed by atoms with Crippen LogP contribution in [0.25, 0.3) is 21.2 Å². The van der Waals surface area contributed by atoms with Crippen LogP contribution in [-0.4, -0.2) is 32.6 Å². The first-order valence-electron chi connectivity index (χ1n) is 9.20. The van der Waals surface area contributed by atoms with Crippen LogP contribution in [0.5, 0.6) is 0 Å². The third-order valence-electron chi connectivity index (χ3n) is 5.09. The number of alkyl halides is 3. The predicted octanol–water partition coefficient (Wildman–Crippen LogP) is 4.85. The van der Waals surface area contributed by atoms with E-state index < -0.39 is 17.8 Å². The fourth-order valence-electron chi connectivity index (χ4n) is 3.56. The van der Waals surface area contributed by atoms with E-state index in [1.54, 1.807) is 6.20 Å². The molecule has 0 unspecified atom stereocenters. The maximum absolute atomic E-state index is 13.4. The number of pyridine rings is 1. The molecule has 5 nitrogen and oxygen atoms in total. The Hall–Kier alpha value is -3.01. The predicted molar refractivity (Wildman–Crippen MR) is 106 cm³/mol. The molecule has 1 fully saturated rings. The lowest BCUT2D eigenvalue weighted by Gasteiger charge is -2.39. The smallest absolute Gasteiger partial charge is 0.347 e. The molecule has 3 aromatic heterocycles. The van der Waals surface area contributed by atoms with Crippen LogP contribution in [-0.2, 0) is 12.7 Å². The Morgan fingerprint density at radius 3 is 2.63 bits per heavy atom. The summed E-state index contributed by atoms with van der Waals surface area (Å²) in [4.78, 5) is 14.6. The average Bonchev–Trinajstić information content (AvgIpc) is 3.33. The molecule has 0 atom stereocenters. The van der Waals surface area contributed by atoms with E-state index in [-0.39, 0.29) is 5.92 Å². The van der Waals surface area contributed by atoms with Gasteiger partial charge in [0.05, 0.1) is 11.2 Å². The summed E-state index contributed by atoms with van der Waals surface area (Å²) in [6, 6.07) is 7.17.